The highest BCUT2D eigenvalue weighted by molar-refractivity contribution is 7.14. The monoisotopic (exact) mass is 402 g/mol. The average Bonchev–Trinajstić information content (AvgIpc) is 3.37. The van der Waals surface area contributed by atoms with Crippen molar-refractivity contribution in [2.24, 2.45) is 0 Å². The highest BCUT2D eigenvalue weighted by Crippen LogP contribution is 2.42. The summed E-state index contributed by atoms with van der Waals surface area (Å²) in [5, 5.41) is 2.23. The lowest BCUT2D eigenvalue weighted by atomic mass is 9.98. The van der Waals surface area contributed by atoms with Crippen molar-refractivity contribution >= 4 is 11.3 Å². The first-order valence-electron chi connectivity index (χ1n) is 10.5. The van der Waals surface area contributed by atoms with E-state index in [2.05, 4.69) is 54.6 Å². The molecule has 2 heteroatoms. The Balaban J connectivity index is 0.00000117. The summed E-state index contributed by atoms with van der Waals surface area (Å²) in [5.41, 5.74) is 7.61. The molecule has 0 aliphatic heterocycles. The van der Waals surface area contributed by atoms with Crippen molar-refractivity contribution in [1.82, 2.24) is 0 Å². The van der Waals surface area contributed by atoms with Crippen LogP contribution in [0.15, 0.2) is 47.8 Å². The van der Waals surface area contributed by atoms with Crippen LogP contribution >= 0.6 is 11.3 Å². The van der Waals surface area contributed by atoms with Gasteiger partial charge in [0.15, 0.2) is 0 Å². The molecule has 0 amide bonds. The van der Waals surface area contributed by atoms with E-state index >= 15 is 0 Å². The zero-order valence-electron chi connectivity index (χ0n) is 18.1. The number of thiophene rings is 1. The van der Waals surface area contributed by atoms with Crippen LogP contribution in [0.25, 0.3) is 21.6 Å². The molecule has 0 radical (unpaired) electrons. The van der Waals surface area contributed by atoms with Gasteiger partial charge in [-0.25, -0.2) is 0 Å². The van der Waals surface area contributed by atoms with Crippen LogP contribution in [0.5, 0.6) is 5.75 Å². The van der Waals surface area contributed by atoms with Crippen LogP contribution in [0.1, 0.15) is 63.6 Å². The lowest BCUT2D eigenvalue weighted by Crippen LogP contribution is -2.06. The molecule has 3 aromatic rings. The van der Waals surface area contributed by atoms with E-state index in [1.807, 2.05) is 45.1 Å². The van der Waals surface area contributed by atoms with Gasteiger partial charge in [-0.15, -0.1) is 17.8 Å². The van der Waals surface area contributed by atoms with E-state index in [-0.39, 0.29) is 6.10 Å². The summed E-state index contributed by atoms with van der Waals surface area (Å²) in [4.78, 5) is 1.33. The molecule has 4 rings (SSSR count). The van der Waals surface area contributed by atoms with E-state index in [1.54, 1.807) is 0 Å². The van der Waals surface area contributed by atoms with Gasteiger partial charge in [-0.05, 0) is 84.0 Å². The van der Waals surface area contributed by atoms with Gasteiger partial charge in [-0.3, -0.25) is 0 Å². The third-order valence-corrected chi connectivity index (χ3v) is 6.23. The zero-order valence-corrected chi connectivity index (χ0v) is 18.9. The van der Waals surface area contributed by atoms with Crippen molar-refractivity contribution in [3.8, 4) is 39.7 Å². The largest absolute Gasteiger partial charge is 0.490 e. The summed E-state index contributed by atoms with van der Waals surface area (Å²) in [6.07, 6.45) is 8.27. The van der Waals surface area contributed by atoms with Crippen LogP contribution in [0.2, 0.25) is 0 Å². The first-order chi connectivity index (χ1) is 14.1. The quantitative estimate of drug-likeness (QED) is 0.403. The molecular weight excluding hydrogens is 372 g/mol. The molecule has 1 heterocycles. The predicted octanol–water partition coefficient (Wildman–Crippen LogP) is 7.93. The third kappa shape index (κ3) is 4.41. The van der Waals surface area contributed by atoms with Crippen LogP contribution in [0.3, 0.4) is 0 Å². The number of hydrogen-bond acceptors (Lipinski definition) is 2. The maximum atomic E-state index is 5.82. The molecule has 0 saturated heterocycles. The molecule has 1 nitrogen and oxygen atoms in total. The van der Waals surface area contributed by atoms with Gasteiger partial charge in [0.2, 0.25) is 0 Å². The minimum absolute atomic E-state index is 0.110. The van der Waals surface area contributed by atoms with Gasteiger partial charge >= 0.3 is 0 Å². The second-order valence-corrected chi connectivity index (χ2v) is 8.45. The van der Waals surface area contributed by atoms with E-state index in [9.17, 15) is 0 Å². The Labute approximate surface area is 179 Å². The molecule has 0 fully saturated rings. The molecule has 1 aliphatic carbocycles. The molecule has 1 atom stereocenters. The molecular formula is C27H30OS. The van der Waals surface area contributed by atoms with E-state index in [0.717, 1.165) is 16.9 Å². The first-order valence-corrected chi connectivity index (χ1v) is 11.4. The normalized spacial score (nSPS) is 14.7. The van der Waals surface area contributed by atoms with Gasteiger partial charge < -0.3 is 4.74 Å². The Morgan fingerprint density at radius 3 is 2.62 bits per heavy atom. The predicted molar refractivity (Wildman–Crippen MR) is 127 cm³/mol. The highest BCUT2D eigenvalue weighted by Gasteiger charge is 2.22. The molecule has 1 aliphatic rings. The number of terminal acetylenes is 1. The first kappa shape index (κ1) is 21.2. The van der Waals surface area contributed by atoms with Crippen molar-refractivity contribution in [1.29, 1.82) is 0 Å². The van der Waals surface area contributed by atoms with Crippen LogP contribution in [-0.2, 0) is 6.42 Å². The van der Waals surface area contributed by atoms with Crippen LogP contribution in [-0.4, -0.2) is 6.10 Å². The highest BCUT2D eigenvalue weighted by atomic mass is 32.1. The van der Waals surface area contributed by atoms with E-state index in [0.29, 0.717) is 5.92 Å². The summed E-state index contributed by atoms with van der Waals surface area (Å²) in [6.45, 7) is 10.4. The van der Waals surface area contributed by atoms with Gasteiger partial charge in [0.1, 0.15) is 5.75 Å². The molecule has 0 bridgehead atoms. The van der Waals surface area contributed by atoms with Crippen LogP contribution in [0, 0.1) is 12.3 Å². The Hall–Kier alpha value is -2.50. The number of benzene rings is 2. The maximum Gasteiger partial charge on any atom is 0.135 e. The summed E-state index contributed by atoms with van der Waals surface area (Å²) >= 11 is 1.81. The van der Waals surface area contributed by atoms with Crippen molar-refractivity contribution in [2.45, 2.75) is 59.5 Å². The van der Waals surface area contributed by atoms with Gasteiger partial charge in [-0.1, -0.05) is 51.0 Å². The minimum Gasteiger partial charge on any atom is -0.490 e. The standard InChI is InChI=1S/C25H24OS.C2H6/c1-5-18-13-19(10-12-24(18)26-16(2)3)20-14-25(27-15-20)23-8-6-7-21-17(4)9-11-22(21)23;1-2/h1,6-8,10,12-17H,9,11H2,2-4H3;1-2H3. The van der Waals surface area contributed by atoms with Gasteiger partial charge in [0.05, 0.1) is 11.7 Å². The Morgan fingerprint density at radius 1 is 1.10 bits per heavy atom. The SMILES string of the molecule is C#Cc1cc(-c2csc(-c3cccc4c3CCC4C)c2)ccc1OC(C)C.CC. The molecule has 29 heavy (non-hydrogen) atoms. The zero-order chi connectivity index (χ0) is 21.0. The van der Waals surface area contributed by atoms with Crippen molar-refractivity contribution in [3.63, 3.8) is 0 Å². The fourth-order valence-electron chi connectivity index (χ4n) is 3.90. The summed E-state index contributed by atoms with van der Waals surface area (Å²) in [7, 11) is 0. The lowest BCUT2D eigenvalue weighted by molar-refractivity contribution is 0.242. The Bertz CT molecular complexity index is 1020. The molecule has 2 aromatic carbocycles. The van der Waals surface area contributed by atoms with E-state index in [1.165, 1.54) is 40.0 Å². The van der Waals surface area contributed by atoms with Crippen LogP contribution < -0.4 is 4.74 Å². The second-order valence-electron chi connectivity index (χ2n) is 7.53. The maximum absolute atomic E-state index is 5.82. The fourth-order valence-corrected chi connectivity index (χ4v) is 4.87. The molecule has 0 N–H and O–H groups in total. The van der Waals surface area contributed by atoms with Crippen LogP contribution in [0.4, 0.5) is 0 Å². The van der Waals surface area contributed by atoms with Gasteiger partial charge in [0, 0.05) is 4.88 Å². The van der Waals surface area contributed by atoms with Gasteiger partial charge in [0.25, 0.3) is 0 Å². The Kier molecular flexibility index (Phi) is 6.83. The minimum atomic E-state index is 0.110. The molecule has 0 saturated carbocycles. The summed E-state index contributed by atoms with van der Waals surface area (Å²) in [5.74, 6) is 4.22. The second kappa shape index (κ2) is 9.33. The van der Waals surface area contributed by atoms with E-state index in [4.69, 9.17) is 11.2 Å². The number of hydrogen-bond donors (Lipinski definition) is 0. The van der Waals surface area contributed by atoms with Crippen molar-refractivity contribution in [2.75, 3.05) is 0 Å². The molecule has 1 aromatic heterocycles. The topological polar surface area (TPSA) is 9.23 Å². The van der Waals surface area contributed by atoms with Crippen molar-refractivity contribution < 1.29 is 4.74 Å². The molecule has 1 unspecified atom stereocenters. The van der Waals surface area contributed by atoms with Crippen molar-refractivity contribution in [3.05, 3.63) is 64.5 Å². The Morgan fingerprint density at radius 2 is 1.90 bits per heavy atom. The smallest absolute Gasteiger partial charge is 0.135 e. The van der Waals surface area contributed by atoms with E-state index < -0.39 is 0 Å². The number of ether oxygens (including phenoxy) is 1. The molecule has 150 valence electrons. The molecule has 0 spiro atoms. The third-order valence-electron chi connectivity index (χ3n) is 5.27. The van der Waals surface area contributed by atoms with Gasteiger partial charge in [-0.2, -0.15) is 0 Å². The number of rotatable bonds is 4. The average molecular weight is 403 g/mol. The summed E-state index contributed by atoms with van der Waals surface area (Å²) < 4.78 is 5.82. The number of fused-ring (bicyclic) bond motifs is 1. The lowest BCUT2D eigenvalue weighted by Gasteiger charge is -2.12. The fraction of sp³-hybridized carbons (Fsp3) is 0.333. The summed E-state index contributed by atoms with van der Waals surface area (Å²) in [6, 6.07) is 15.2.